The molecule has 0 aromatic rings. The van der Waals surface area contributed by atoms with Crippen LogP contribution in [0.25, 0.3) is 0 Å². The number of rotatable bonds is 40. The lowest BCUT2D eigenvalue weighted by atomic mass is 10.0. The maximum atomic E-state index is 16.0. The number of carbonyl (C=O) groups excluding carboxylic acids is 4. The van der Waals surface area contributed by atoms with Crippen LogP contribution in [0.2, 0.25) is 0 Å². The van der Waals surface area contributed by atoms with Crippen LogP contribution in [0.1, 0.15) is 218 Å². The van der Waals surface area contributed by atoms with Gasteiger partial charge in [-0.1, -0.05) is 174 Å². The Labute approximate surface area is 370 Å². The number of ether oxygens (including phenoxy) is 3. The maximum absolute atomic E-state index is 16.0. The lowest BCUT2D eigenvalue weighted by Crippen LogP contribution is -2.49. The highest BCUT2D eigenvalue weighted by Crippen LogP contribution is 2.42. The first kappa shape index (κ1) is 54.6. The third kappa shape index (κ3) is 25.5. The van der Waals surface area contributed by atoms with Gasteiger partial charge in [0.05, 0.1) is 0 Å². The Morgan fingerprint density at radius 2 is 0.952 bits per heavy atom. The molecule has 2 rings (SSSR count). The number of carboxylic acid groups (broad SMARTS) is 2. The Hall–Kier alpha value is -3.55. The average Bonchev–Trinajstić information content (AvgIpc) is 3.46. The van der Waals surface area contributed by atoms with Crippen LogP contribution in [0.4, 0.5) is 8.78 Å². The Kier molecular flexibility index (Phi) is 29.9. The van der Waals surface area contributed by atoms with Crippen molar-refractivity contribution >= 4 is 29.7 Å². The van der Waals surface area contributed by atoms with Crippen molar-refractivity contribution in [3.8, 4) is 0 Å². The van der Waals surface area contributed by atoms with Crippen LogP contribution in [0.15, 0.2) is 29.7 Å². The van der Waals surface area contributed by atoms with Gasteiger partial charge in [-0.3, -0.25) is 9.59 Å². The molecule has 2 aliphatic rings. The van der Waals surface area contributed by atoms with E-state index in [1.165, 1.54) is 82.9 Å². The fourth-order valence-corrected chi connectivity index (χ4v) is 8.07. The monoisotopic (exact) mass is 880 g/mol. The lowest BCUT2D eigenvalue weighted by Gasteiger charge is -2.32. The van der Waals surface area contributed by atoms with Crippen LogP contribution in [-0.4, -0.2) is 65.6 Å². The summed E-state index contributed by atoms with van der Waals surface area (Å²) in [6, 6.07) is 0. The Morgan fingerprint density at radius 1 is 0.613 bits per heavy atom. The van der Waals surface area contributed by atoms with Gasteiger partial charge < -0.3 is 44.6 Å². The van der Waals surface area contributed by atoms with Gasteiger partial charge in [-0.2, -0.15) is 8.78 Å². The molecule has 3 atom stereocenters. The summed E-state index contributed by atoms with van der Waals surface area (Å²) in [4.78, 5) is 51.4. The number of aliphatic carboxylic acids is 2. The van der Waals surface area contributed by atoms with Gasteiger partial charge in [0.15, 0.2) is 6.10 Å². The molecular formula is C48H79F2N3O9-2. The zero-order chi connectivity index (χ0) is 45.3. The summed E-state index contributed by atoms with van der Waals surface area (Å²) in [6.07, 6.45) is 29.3. The van der Waals surface area contributed by atoms with E-state index < -0.39 is 54.8 Å². The van der Waals surface area contributed by atoms with Crippen molar-refractivity contribution < 1.29 is 52.4 Å². The van der Waals surface area contributed by atoms with E-state index in [-0.39, 0.29) is 37.3 Å². The first-order chi connectivity index (χ1) is 29.9. The number of hydrogen-bond donors (Lipinski definition) is 1. The van der Waals surface area contributed by atoms with Crippen molar-refractivity contribution in [2.45, 2.75) is 243 Å². The molecule has 0 aliphatic carbocycles. The van der Waals surface area contributed by atoms with Crippen LogP contribution < -0.4 is 15.9 Å². The van der Waals surface area contributed by atoms with Crippen molar-refractivity contribution in [1.82, 2.24) is 4.90 Å². The molecule has 1 fully saturated rings. The van der Waals surface area contributed by atoms with Gasteiger partial charge in [-0.05, 0) is 44.6 Å². The van der Waals surface area contributed by atoms with E-state index in [1.807, 2.05) is 0 Å². The minimum atomic E-state index is -3.67. The molecule has 0 radical (unpaired) electrons. The molecule has 0 amide bonds. The second-order valence-electron chi connectivity index (χ2n) is 17.3. The number of halogens is 2. The number of carbonyl (C=O) groups is 4. The largest absolute Gasteiger partial charge is 0.550 e. The number of unbranched alkanes of at least 4 members (excludes halogenated alkanes) is 28. The first-order valence-corrected chi connectivity index (χ1v) is 24.2. The van der Waals surface area contributed by atoms with E-state index in [2.05, 4.69) is 11.6 Å². The van der Waals surface area contributed by atoms with Gasteiger partial charge in [0.1, 0.15) is 24.4 Å². The molecule has 0 saturated carbocycles. The quantitative estimate of drug-likeness (QED) is 0.0457. The second kappa shape index (κ2) is 33.9. The molecule has 2 aliphatic heterocycles. The summed E-state index contributed by atoms with van der Waals surface area (Å²) in [5, 5.41) is 20.9. The summed E-state index contributed by atoms with van der Waals surface area (Å²) < 4.78 is 48.5. The molecule has 0 bridgehead atoms. The number of amidine groups is 1. The topological polar surface area (TPSA) is 184 Å². The molecule has 0 spiro atoms. The third-order valence-electron chi connectivity index (χ3n) is 11.8. The van der Waals surface area contributed by atoms with Crippen LogP contribution >= 0.6 is 0 Å². The Morgan fingerprint density at radius 3 is 1.31 bits per heavy atom. The molecule has 0 aromatic heterocycles. The smallest absolute Gasteiger partial charge is 0.331 e. The number of alkyl halides is 2. The molecule has 14 heteroatoms. The van der Waals surface area contributed by atoms with E-state index in [1.54, 1.807) is 0 Å². The zero-order valence-corrected chi connectivity index (χ0v) is 37.7. The Bertz CT molecular complexity index is 1340. The number of esters is 2. The molecule has 62 heavy (non-hydrogen) atoms. The highest BCUT2D eigenvalue weighted by atomic mass is 19.3. The first-order valence-electron chi connectivity index (χ1n) is 24.2. The van der Waals surface area contributed by atoms with Gasteiger partial charge in [0.25, 0.3) is 0 Å². The average molecular weight is 880 g/mol. The number of nitrogens with two attached hydrogens (primary N) is 1. The highest BCUT2D eigenvalue weighted by molar-refractivity contribution is 5.92. The SMILES string of the molecule is C=C1N=C(N)C=CN1[C@@H]1O[C@H](COC(=O)CCCCCCCCCCCCCCCCCC(=O)[O-])[C@H](OC(=O)CCCCCCCCCCCCCCCCCC(=O)[O-])C1(F)F. The van der Waals surface area contributed by atoms with E-state index >= 15 is 8.78 Å². The predicted molar refractivity (Wildman–Crippen MR) is 233 cm³/mol. The number of carboxylic acids is 2. The zero-order valence-electron chi connectivity index (χ0n) is 37.7. The van der Waals surface area contributed by atoms with Crippen LogP contribution in [-0.2, 0) is 33.4 Å². The number of nitrogens with zero attached hydrogens (tertiary/aromatic N) is 2. The van der Waals surface area contributed by atoms with Crippen LogP contribution in [0.5, 0.6) is 0 Å². The van der Waals surface area contributed by atoms with Gasteiger partial charge in [0.2, 0.25) is 6.23 Å². The molecule has 0 aromatic carbocycles. The minimum absolute atomic E-state index is 0.00375. The summed E-state index contributed by atoms with van der Waals surface area (Å²) >= 11 is 0. The summed E-state index contributed by atoms with van der Waals surface area (Å²) in [5.41, 5.74) is 5.71. The van der Waals surface area contributed by atoms with E-state index in [0.717, 1.165) is 101 Å². The van der Waals surface area contributed by atoms with Crippen molar-refractivity contribution in [3.63, 3.8) is 0 Å². The fraction of sp³-hybridized carbons (Fsp3) is 0.812. The number of aliphatic imine (C=N–C) groups is 1. The van der Waals surface area contributed by atoms with Crippen molar-refractivity contribution in [3.05, 3.63) is 24.7 Å². The van der Waals surface area contributed by atoms with E-state index in [4.69, 9.17) is 19.9 Å². The summed E-state index contributed by atoms with van der Waals surface area (Å²) in [7, 11) is 0. The molecule has 12 nitrogen and oxygen atoms in total. The standard InChI is InChI=1S/C48H81F2N3O9/c1-39-52-41(51)36-37-53(39)47-48(49,50)46(62-45(59)35-31-27-23-19-15-11-7-3-5-9-13-17-21-25-29-33-43(56)57)40(61-47)38-60-44(58)34-30-26-22-18-14-10-6-2-4-8-12-16-20-24-28-32-42(54)55/h36-37,40,46-47H,1-35,38H2,(H2,51,52)(H,54,55)(H,56,57)/p-2/t40-,46+,47-/m1/s1. The van der Waals surface area contributed by atoms with Crippen molar-refractivity contribution in [1.29, 1.82) is 0 Å². The van der Waals surface area contributed by atoms with Crippen LogP contribution in [0.3, 0.4) is 0 Å². The lowest BCUT2D eigenvalue weighted by molar-refractivity contribution is -0.307. The predicted octanol–water partition coefficient (Wildman–Crippen LogP) is 9.22. The van der Waals surface area contributed by atoms with E-state index in [0.29, 0.717) is 25.7 Å². The normalized spacial score (nSPS) is 18.2. The second-order valence-corrected chi connectivity index (χ2v) is 17.3. The molecule has 2 N–H and O–H groups in total. The maximum Gasteiger partial charge on any atom is 0.331 e. The number of hydrogen-bond acceptors (Lipinski definition) is 12. The Balaban J connectivity index is 1.61. The van der Waals surface area contributed by atoms with Gasteiger partial charge in [-0.15, -0.1) is 0 Å². The van der Waals surface area contributed by atoms with E-state index in [9.17, 15) is 29.4 Å². The third-order valence-corrected chi connectivity index (χ3v) is 11.8. The van der Waals surface area contributed by atoms with Crippen molar-refractivity contribution in [2.24, 2.45) is 10.7 Å². The van der Waals surface area contributed by atoms with Gasteiger partial charge in [0, 0.05) is 31.0 Å². The molecule has 1 saturated heterocycles. The minimum Gasteiger partial charge on any atom is -0.550 e. The van der Waals surface area contributed by atoms with Gasteiger partial charge >= 0.3 is 17.9 Å². The fourth-order valence-electron chi connectivity index (χ4n) is 8.07. The van der Waals surface area contributed by atoms with Gasteiger partial charge in [-0.25, -0.2) is 4.99 Å². The molecule has 0 unspecified atom stereocenters. The molecule has 2 heterocycles. The van der Waals surface area contributed by atoms with Crippen molar-refractivity contribution in [2.75, 3.05) is 6.61 Å². The summed E-state index contributed by atoms with van der Waals surface area (Å²) in [5.74, 6) is -6.82. The molecular weight excluding hydrogens is 801 g/mol. The molecule has 356 valence electrons. The summed E-state index contributed by atoms with van der Waals surface area (Å²) in [6.45, 7) is 3.23. The van der Waals surface area contributed by atoms with Crippen LogP contribution in [0, 0.1) is 0 Å². The highest BCUT2D eigenvalue weighted by Gasteiger charge is 2.63.